The Balaban J connectivity index is 0.000000189. The summed E-state index contributed by atoms with van der Waals surface area (Å²) in [6, 6.07) is 8.25. The summed E-state index contributed by atoms with van der Waals surface area (Å²) in [7, 11) is 0. The SMILES string of the molecule is O=C(O)C[C@@H]1CCCN(c2ccc(C(=O)NC3CCCCC3)c(SC3CCCC3)n2)C1.O=C(O)C[C@]1(c2ccc(C(=O)NC3CCCCC3)c(SC3CCCCC3)n2)CCCNC1. The summed E-state index contributed by atoms with van der Waals surface area (Å²) in [6.45, 7) is 3.14. The number of pyridine rings is 2. The van der Waals surface area contributed by atoms with Gasteiger partial charge in [0.2, 0.25) is 0 Å². The Morgan fingerprint density at radius 2 is 1.19 bits per heavy atom. The van der Waals surface area contributed by atoms with Crippen molar-refractivity contribution in [2.45, 2.75) is 199 Å². The first-order chi connectivity index (χ1) is 30.6. The highest BCUT2D eigenvalue weighted by Gasteiger charge is 2.39. The van der Waals surface area contributed by atoms with E-state index in [0.29, 0.717) is 28.2 Å². The molecule has 2 aliphatic heterocycles. The zero-order valence-electron chi connectivity index (χ0n) is 37.4. The van der Waals surface area contributed by atoms with Gasteiger partial charge in [0.15, 0.2) is 0 Å². The number of nitrogens with one attached hydrogen (secondary N) is 3. The lowest BCUT2D eigenvalue weighted by Gasteiger charge is -2.36. The molecule has 4 heterocycles. The van der Waals surface area contributed by atoms with Crippen molar-refractivity contribution in [1.82, 2.24) is 25.9 Å². The molecule has 63 heavy (non-hydrogen) atoms. The fourth-order valence-corrected chi connectivity index (χ4v) is 13.4. The molecule has 0 unspecified atom stereocenters. The average Bonchev–Trinajstić information content (AvgIpc) is 3.81. The van der Waals surface area contributed by atoms with Crippen LogP contribution in [0.5, 0.6) is 0 Å². The highest BCUT2D eigenvalue weighted by molar-refractivity contribution is 8.00. The molecule has 0 spiro atoms. The van der Waals surface area contributed by atoms with E-state index in [0.717, 1.165) is 105 Å². The maximum absolute atomic E-state index is 13.2. The van der Waals surface area contributed by atoms with Crippen LogP contribution in [0, 0.1) is 5.92 Å². The second-order valence-corrected chi connectivity index (χ2v) is 21.9. The quantitative estimate of drug-likeness (QED) is 0.122. The van der Waals surface area contributed by atoms with E-state index in [1.54, 1.807) is 23.5 Å². The number of rotatable bonds is 14. The van der Waals surface area contributed by atoms with Crippen molar-refractivity contribution in [2.75, 3.05) is 31.1 Å². The van der Waals surface area contributed by atoms with Gasteiger partial charge in [0.25, 0.3) is 11.8 Å². The van der Waals surface area contributed by atoms with Crippen molar-refractivity contribution in [1.29, 1.82) is 0 Å². The lowest BCUT2D eigenvalue weighted by atomic mass is 9.74. The van der Waals surface area contributed by atoms with E-state index in [4.69, 9.17) is 9.97 Å². The Morgan fingerprint density at radius 1 is 0.651 bits per heavy atom. The first-order valence-electron chi connectivity index (χ1n) is 24.5. The van der Waals surface area contributed by atoms with Crippen molar-refractivity contribution < 1.29 is 29.4 Å². The zero-order valence-corrected chi connectivity index (χ0v) is 39.0. The Hall–Kier alpha value is -3.36. The van der Waals surface area contributed by atoms with Crippen LogP contribution in [-0.2, 0) is 15.0 Å². The summed E-state index contributed by atoms with van der Waals surface area (Å²) in [5.74, 6) is -0.502. The second-order valence-electron chi connectivity index (χ2n) is 19.3. The first-order valence-corrected chi connectivity index (χ1v) is 26.3. The van der Waals surface area contributed by atoms with Gasteiger partial charge in [-0.15, -0.1) is 23.5 Å². The van der Waals surface area contributed by atoms with Crippen molar-refractivity contribution >= 4 is 53.1 Å². The molecule has 2 amide bonds. The first kappa shape index (κ1) is 47.6. The molecule has 346 valence electrons. The maximum Gasteiger partial charge on any atom is 0.304 e. The van der Waals surface area contributed by atoms with Crippen molar-refractivity contribution in [2.24, 2.45) is 5.92 Å². The molecule has 4 saturated carbocycles. The summed E-state index contributed by atoms with van der Waals surface area (Å²) in [5, 5.41) is 31.3. The summed E-state index contributed by atoms with van der Waals surface area (Å²) in [4.78, 5) is 61.5. The van der Waals surface area contributed by atoms with Crippen LogP contribution in [0.3, 0.4) is 0 Å². The highest BCUT2D eigenvalue weighted by atomic mass is 32.2. The van der Waals surface area contributed by atoms with Crippen LogP contribution in [0.2, 0.25) is 0 Å². The minimum absolute atomic E-state index is 0.00819. The Bertz CT molecular complexity index is 1840. The van der Waals surface area contributed by atoms with Gasteiger partial charge in [-0.2, -0.15) is 0 Å². The fraction of sp³-hybridized carbons (Fsp3) is 0.714. The Kier molecular flexibility index (Phi) is 17.9. The molecule has 2 aromatic heterocycles. The van der Waals surface area contributed by atoms with Gasteiger partial charge < -0.3 is 31.1 Å². The Labute approximate surface area is 383 Å². The number of carbonyl (C=O) groups is 4. The van der Waals surface area contributed by atoms with Gasteiger partial charge in [-0.25, -0.2) is 9.97 Å². The number of aliphatic carboxylic acids is 2. The van der Waals surface area contributed by atoms with Gasteiger partial charge in [0.1, 0.15) is 15.9 Å². The molecule has 14 heteroatoms. The zero-order chi connectivity index (χ0) is 44.0. The number of amides is 2. The van der Waals surface area contributed by atoms with Gasteiger partial charge in [-0.1, -0.05) is 70.6 Å². The molecule has 0 bridgehead atoms. The van der Waals surface area contributed by atoms with Crippen LogP contribution in [0.15, 0.2) is 34.3 Å². The van der Waals surface area contributed by atoms with E-state index in [9.17, 15) is 29.4 Å². The van der Waals surface area contributed by atoms with Crippen LogP contribution < -0.4 is 20.9 Å². The smallest absolute Gasteiger partial charge is 0.304 e. The molecule has 5 N–H and O–H groups in total. The average molecular weight is 905 g/mol. The number of anilines is 1. The number of carbonyl (C=O) groups excluding carboxylic acids is 2. The number of hydrogen-bond donors (Lipinski definition) is 5. The molecule has 0 aromatic carbocycles. The highest BCUT2D eigenvalue weighted by Crippen LogP contribution is 2.40. The third kappa shape index (κ3) is 13.8. The molecule has 6 fully saturated rings. The third-order valence-corrected chi connectivity index (χ3v) is 17.0. The standard InChI is InChI=1S/C25H37N3O3S.C24H35N3O3S/c29-22(30)16-25(14-7-15-26-17-25)21-13-12-20(23(31)27-18-8-3-1-4-9-18)24(28-21)32-19-10-5-2-6-11-19;28-22(29)15-17-7-6-14-27(16-17)21-13-12-20(23(30)25-18-8-2-1-3-9-18)24(26-21)31-19-10-4-5-11-19/h12-13,18-19,26H,1-11,14-17H2,(H,27,31)(H,29,30);12-13,17-19H,1-11,14-16H2,(H,25,30)(H,28,29)/t25-;17-/m10/s1. The van der Waals surface area contributed by atoms with Gasteiger partial charge in [-0.05, 0) is 114 Å². The predicted octanol–water partition coefficient (Wildman–Crippen LogP) is 9.53. The maximum atomic E-state index is 13.2. The largest absolute Gasteiger partial charge is 0.481 e. The van der Waals surface area contributed by atoms with Crippen LogP contribution in [0.1, 0.15) is 187 Å². The molecule has 0 radical (unpaired) electrons. The lowest BCUT2D eigenvalue weighted by Crippen LogP contribution is -2.45. The van der Waals surface area contributed by atoms with Gasteiger partial charge >= 0.3 is 11.9 Å². The topological polar surface area (TPSA) is 174 Å². The van der Waals surface area contributed by atoms with E-state index in [-0.39, 0.29) is 42.7 Å². The summed E-state index contributed by atoms with van der Waals surface area (Å²) in [6.07, 6.45) is 26.4. The summed E-state index contributed by atoms with van der Waals surface area (Å²) in [5.41, 5.74) is 1.67. The van der Waals surface area contributed by atoms with Gasteiger partial charge in [0, 0.05) is 59.7 Å². The Morgan fingerprint density at radius 3 is 1.73 bits per heavy atom. The number of carboxylic acid groups (broad SMARTS) is 2. The normalized spacial score (nSPS) is 24.3. The van der Waals surface area contributed by atoms with Crippen LogP contribution in [0.25, 0.3) is 0 Å². The molecule has 6 aliphatic rings. The summed E-state index contributed by atoms with van der Waals surface area (Å²) >= 11 is 3.50. The third-order valence-electron chi connectivity index (χ3n) is 14.3. The number of thioether (sulfide) groups is 2. The lowest BCUT2D eigenvalue weighted by molar-refractivity contribution is -0.139. The molecule has 8 rings (SSSR count). The number of piperidine rings is 2. The monoisotopic (exact) mass is 904 g/mol. The molecule has 2 aromatic rings. The van der Waals surface area contributed by atoms with Crippen molar-refractivity contribution in [3.8, 4) is 0 Å². The molecular weight excluding hydrogens is 833 g/mol. The molecule has 2 atom stereocenters. The number of hydrogen-bond acceptors (Lipinski definition) is 10. The summed E-state index contributed by atoms with van der Waals surface area (Å²) < 4.78 is 0. The predicted molar refractivity (Wildman–Crippen MR) is 251 cm³/mol. The minimum Gasteiger partial charge on any atom is -0.481 e. The molecule has 12 nitrogen and oxygen atoms in total. The van der Waals surface area contributed by atoms with E-state index in [1.165, 1.54) is 83.5 Å². The van der Waals surface area contributed by atoms with Crippen molar-refractivity contribution in [3.05, 3.63) is 41.1 Å². The van der Waals surface area contributed by atoms with Gasteiger partial charge in [0.05, 0.1) is 17.5 Å². The van der Waals surface area contributed by atoms with Crippen molar-refractivity contribution in [3.63, 3.8) is 0 Å². The van der Waals surface area contributed by atoms with Crippen LogP contribution >= 0.6 is 23.5 Å². The number of aromatic nitrogens is 2. The molecule has 2 saturated heterocycles. The number of nitrogens with zero attached hydrogens (tertiary/aromatic N) is 3. The second kappa shape index (κ2) is 23.7. The van der Waals surface area contributed by atoms with Crippen LogP contribution in [0.4, 0.5) is 5.82 Å². The minimum atomic E-state index is -0.795. The van der Waals surface area contributed by atoms with E-state index >= 15 is 0 Å². The van der Waals surface area contributed by atoms with E-state index in [1.807, 2.05) is 24.3 Å². The van der Waals surface area contributed by atoms with E-state index < -0.39 is 17.4 Å². The number of carboxylic acids is 2. The van der Waals surface area contributed by atoms with Crippen LogP contribution in [-0.4, -0.2) is 92.7 Å². The molecular formula is C49H72N6O6S2. The fourth-order valence-electron chi connectivity index (χ4n) is 10.8. The van der Waals surface area contributed by atoms with E-state index in [2.05, 4.69) is 20.9 Å². The molecule has 4 aliphatic carbocycles. The van der Waals surface area contributed by atoms with Gasteiger partial charge in [-0.3, -0.25) is 19.2 Å².